The first kappa shape index (κ1) is 19.9. The van der Waals surface area contributed by atoms with E-state index in [2.05, 4.69) is 41.2 Å². The summed E-state index contributed by atoms with van der Waals surface area (Å²) in [7, 11) is 0. The van der Waals surface area contributed by atoms with Crippen LogP contribution in [-0.4, -0.2) is 34.7 Å². The molecule has 0 aliphatic carbocycles. The zero-order valence-electron chi connectivity index (χ0n) is 13.3. The highest BCUT2D eigenvalue weighted by Gasteiger charge is 2.31. The number of hydrogen-bond donors (Lipinski definition) is 2. The second-order valence-electron chi connectivity index (χ2n) is 5.19. The van der Waals surface area contributed by atoms with Gasteiger partial charge in [-0.1, -0.05) is 21.1 Å². The second-order valence-corrected chi connectivity index (χ2v) is 6.10. The van der Waals surface area contributed by atoms with Crippen molar-refractivity contribution in [2.24, 2.45) is 0 Å². The first-order chi connectivity index (χ1) is 12.2. The Morgan fingerprint density at radius 3 is 2.50 bits per heavy atom. The molecule has 0 atom stereocenters. The van der Waals surface area contributed by atoms with Gasteiger partial charge in [0.15, 0.2) is 5.82 Å². The van der Waals surface area contributed by atoms with Crippen molar-refractivity contribution in [1.29, 1.82) is 0 Å². The fourth-order valence-electron chi connectivity index (χ4n) is 1.86. The van der Waals surface area contributed by atoms with Crippen LogP contribution in [0.3, 0.4) is 0 Å². The Morgan fingerprint density at radius 1 is 1.15 bits per heavy atom. The van der Waals surface area contributed by atoms with Gasteiger partial charge in [0.1, 0.15) is 6.42 Å². The molecule has 7 nitrogen and oxygen atoms in total. The molecule has 0 saturated carbocycles. The van der Waals surface area contributed by atoms with E-state index in [1.54, 1.807) is 24.3 Å². The van der Waals surface area contributed by atoms with E-state index < -0.39 is 24.4 Å². The first-order valence-corrected chi connectivity index (χ1v) is 8.21. The quantitative estimate of drug-likeness (QED) is 0.696. The van der Waals surface area contributed by atoms with Gasteiger partial charge < -0.3 is 15.2 Å². The number of benzene rings is 1. The molecule has 140 valence electrons. The van der Waals surface area contributed by atoms with Gasteiger partial charge in [-0.2, -0.15) is 18.2 Å². The number of rotatable bonds is 7. The smallest absolute Gasteiger partial charge is 0.352 e. The standard InChI is InChI=1S/C15H14BrF3N4O3/c16-10-3-1-9(2-4-10)14(25)20-6-5-12(24)21-8-11-22-13(26-23-11)7-15(17,18)19/h1-4H,5-8H2,(H,20,25)(H,21,24). The van der Waals surface area contributed by atoms with Crippen LogP contribution >= 0.6 is 15.9 Å². The van der Waals surface area contributed by atoms with Crippen LogP contribution in [0, 0.1) is 0 Å². The van der Waals surface area contributed by atoms with Crippen LogP contribution < -0.4 is 10.6 Å². The Hall–Kier alpha value is -2.43. The number of nitrogens with zero attached hydrogens (tertiary/aromatic N) is 2. The van der Waals surface area contributed by atoms with Crippen LogP contribution in [0.1, 0.15) is 28.5 Å². The number of halogens is 4. The third-order valence-electron chi connectivity index (χ3n) is 3.05. The summed E-state index contributed by atoms with van der Waals surface area (Å²) in [5, 5.41) is 8.37. The maximum Gasteiger partial charge on any atom is 0.397 e. The van der Waals surface area contributed by atoms with Crippen LogP contribution in [0.25, 0.3) is 0 Å². The van der Waals surface area contributed by atoms with Gasteiger partial charge in [0.05, 0.1) is 6.54 Å². The van der Waals surface area contributed by atoms with Gasteiger partial charge in [-0.3, -0.25) is 9.59 Å². The van der Waals surface area contributed by atoms with Gasteiger partial charge in [0, 0.05) is 23.0 Å². The molecule has 1 aromatic carbocycles. The Morgan fingerprint density at radius 2 is 1.85 bits per heavy atom. The third-order valence-corrected chi connectivity index (χ3v) is 3.58. The molecule has 2 rings (SSSR count). The maximum absolute atomic E-state index is 12.2. The van der Waals surface area contributed by atoms with Gasteiger partial charge in [0.25, 0.3) is 5.91 Å². The van der Waals surface area contributed by atoms with Crippen molar-refractivity contribution in [1.82, 2.24) is 20.8 Å². The fraction of sp³-hybridized carbons (Fsp3) is 0.333. The lowest BCUT2D eigenvalue weighted by molar-refractivity contribution is -0.131. The monoisotopic (exact) mass is 434 g/mol. The van der Waals surface area contributed by atoms with E-state index in [4.69, 9.17) is 0 Å². The van der Waals surface area contributed by atoms with Crippen molar-refractivity contribution in [3.8, 4) is 0 Å². The van der Waals surface area contributed by atoms with Crippen LogP contribution in [0.5, 0.6) is 0 Å². The molecule has 2 N–H and O–H groups in total. The summed E-state index contributed by atoms with van der Waals surface area (Å²) in [6.45, 7) is -0.0624. The van der Waals surface area contributed by atoms with Crippen molar-refractivity contribution >= 4 is 27.7 Å². The number of aromatic nitrogens is 2. The number of alkyl halides is 3. The fourth-order valence-corrected chi connectivity index (χ4v) is 2.13. The van der Waals surface area contributed by atoms with Crippen molar-refractivity contribution in [3.63, 3.8) is 0 Å². The highest BCUT2D eigenvalue weighted by atomic mass is 79.9. The Kier molecular flexibility index (Phi) is 6.72. The SMILES string of the molecule is O=C(CCNC(=O)c1ccc(Br)cc1)NCc1noc(CC(F)(F)F)n1. The minimum atomic E-state index is -4.44. The molecule has 0 spiro atoms. The van der Waals surface area contributed by atoms with Crippen LogP contribution in [0.2, 0.25) is 0 Å². The third kappa shape index (κ3) is 6.82. The summed E-state index contributed by atoms with van der Waals surface area (Å²) in [6.07, 6.45) is -5.77. The molecule has 0 fully saturated rings. The summed E-state index contributed by atoms with van der Waals surface area (Å²) < 4.78 is 41.8. The number of nitrogens with one attached hydrogen (secondary N) is 2. The van der Waals surface area contributed by atoms with E-state index in [9.17, 15) is 22.8 Å². The van der Waals surface area contributed by atoms with E-state index in [1.165, 1.54) is 0 Å². The number of amides is 2. The van der Waals surface area contributed by atoms with Gasteiger partial charge in [-0.25, -0.2) is 0 Å². The number of carbonyl (C=O) groups excluding carboxylic acids is 2. The summed E-state index contributed by atoms with van der Waals surface area (Å²) in [4.78, 5) is 27.1. The molecule has 26 heavy (non-hydrogen) atoms. The topological polar surface area (TPSA) is 97.1 Å². The van der Waals surface area contributed by atoms with Gasteiger partial charge in [-0.05, 0) is 24.3 Å². The molecule has 0 aliphatic heterocycles. The van der Waals surface area contributed by atoms with Crippen molar-refractivity contribution < 1.29 is 27.3 Å². The Labute approximate surface area is 154 Å². The molecular formula is C15H14BrF3N4O3. The van der Waals surface area contributed by atoms with E-state index >= 15 is 0 Å². The Bertz CT molecular complexity index is 762. The van der Waals surface area contributed by atoms with Crippen molar-refractivity contribution in [2.45, 2.75) is 25.6 Å². The van der Waals surface area contributed by atoms with Gasteiger partial charge in [0.2, 0.25) is 11.8 Å². The summed E-state index contributed by atoms with van der Waals surface area (Å²) in [5.74, 6) is -1.36. The molecule has 0 unspecified atom stereocenters. The summed E-state index contributed by atoms with van der Waals surface area (Å²) in [6, 6.07) is 6.71. The average Bonchev–Trinajstić information content (AvgIpc) is 2.99. The minimum Gasteiger partial charge on any atom is -0.352 e. The van der Waals surface area contributed by atoms with Crippen molar-refractivity contribution in [3.05, 3.63) is 46.0 Å². The molecule has 2 amide bonds. The first-order valence-electron chi connectivity index (χ1n) is 7.41. The average molecular weight is 435 g/mol. The molecule has 0 saturated heterocycles. The molecule has 11 heteroatoms. The van der Waals surface area contributed by atoms with Crippen LogP contribution in [0.15, 0.2) is 33.3 Å². The lowest BCUT2D eigenvalue weighted by atomic mass is 10.2. The predicted octanol–water partition coefficient (Wildman–Crippen LogP) is 2.37. The number of carbonyl (C=O) groups is 2. The normalized spacial score (nSPS) is 11.2. The lowest BCUT2D eigenvalue weighted by Crippen LogP contribution is -2.30. The molecule has 2 aromatic rings. The largest absolute Gasteiger partial charge is 0.397 e. The molecule has 0 bridgehead atoms. The van der Waals surface area contributed by atoms with Crippen LogP contribution in [-0.2, 0) is 17.8 Å². The number of hydrogen-bond acceptors (Lipinski definition) is 5. The van der Waals surface area contributed by atoms with E-state index in [0.29, 0.717) is 5.56 Å². The summed E-state index contributed by atoms with van der Waals surface area (Å²) >= 11 is 3.26. The Balaban J connectivity index is 1.69. The van der Waals surface area contributed by atoms with Crippen LogP contribution in [0.4, 0.5) is 13.2 Å². The second kappa shape index (κ2) is 8.79. The molecule has 1 heterocycles. The van der Waals surface area contributed by atoms with Gasteiger partial charge >= 0.3 is 6.18 Å². The molecular weight excluding hydrogens is 421 g/mol. The molecule has 1 aromatic heterocycles. The van der Waals surface area contributed by atoms with Crippen molar-refractivity contribution in [2.75, 3.05) is 6.54 Å². The highest BCUT2D eigenvalue weighted by molar-refractivity contribution is 9.10. The highest BCUT2D eigenvalue weighted by Crippen LogP contribution is 2.19. The predicted molar refractivity (Wildman–Crippen MR) is 87.0 cm³/mol. The maximum atomic E-state index is 12.2. The molecule has 0 aliphatic rings. The summed E-state index contributed by atoms with van der Waals surface area (Å²) in [5.41, 5.74) is 0.456. The molecule has 0 radical (unpaired) electrons. The van der Waals surface area contributed by atoms with Gasteiger partial charge in [-0.15, -0.1) is 0 Å². The zero-order chi connectivity index (χ0) is 19.2. The zero-order valence-corrected chi connectivity index (χ0v) is 14.9. The van der Waals surface area contributed by atoms with E-state index in [1.807, 2.05) is 0 Å². The lowest BCUT2D eigenvalue weighted by Gasteiger charge is -2.05. The minimum absolute atomic E-state index is 0.00444. The van der Waals surface area contributed by atoms with E-state index in [0.717, 1.165) is 4.47 Å². The van der Waals surface area contributed by atoms with E-state index in [-0.39, 0.29) is 31.2 Å².